The number of rotatable bonds is 3. The molecule has 14 heavy (non-hydrogen) atoms. The number of nitrogens with zero attached hydrogens (tertiary/aromatic N) is 1. The molecule has 1 radical (unpaired) electrons. The first kappa shape index (κ1) is 10.3. The first-order valence-electron chi connectivity index (χ1n) is 4.27. The second kappa shape index (κ2) is 4.43. The van der Waals surface area contributed by atoms with Gasteiger partial charge >= 0.3 is 0 Å². The van der Waals surface area contributed by atoms with E-state index >= 15 is 0 Å². The van der Waals surface area contributed by atoms with Gasteiger partial charge in [-0.05, 0) is 18.1 Å². The molecule has 71 valence electrons. The van der Waals surface area contributed by atoms with Gasteiger partial charge in [-0.15, -0.1) is 0 Å². The zero-order valence-electron chi connectivity index (χ0n) is 7.90. The minimum Gasteiger partial charge on any atom is -0.369 e. The third-order valence-electron chi connectivity index (χ3n) is 2.09. The van der Waals surface area contributed by atoms with E-state index in [2.05, 4.69) is 0 Å². The summed E-state index contributed by atoms with van der Waals surface area (Å²) in [5.41, 5.74) is 6.86. The molecular formula is C11H11N2O. The lowest BCUT2D eigenvalue weighted by Gasteiger charge is -2.07. The normalized spacial score (nSPS) is 11.7. The highest BCUT2D eigenvalue weighted by molar-refractivity contribution is 5.81. The number of amides is 1. The van der Waals surface area contributed by atoms with Gasteiger partial charge in [0.2, 0.25) is 5.91 Å². The summed E-state index contributed by atoms with van der Waals surface area (Å²) in [4.78, 5) is 10.9. The fourth-order valence-electron chi connectivity index (χ4n) is 1.12. The Labute approximate surface area is 83.2 Å². The van der Waals surface area contributed by atoms with E-state index in [-0.39, 0.29) is 11.8 Å². The number of nitrogens with two attached hydrogens (primary N) is 1. The quantitative estimate of drug-likeness (QED) is 0.776. The van der Waals surface area contributed by atoms with Crippen molar-refractivity contribution in [3.63, 3.8) is 0 Å². The number of hydrogen-bond acceptors (Lipinski definition) is 2. The summed E-state index contributed by atoms with van der Waals surface area (Å²) in [6, 6.07) is 9.13. The van der Waals surface area contributed by atoms with E-state index in [1.165, 1.54) is 6.42 Å². The Balaban J connectivity index is 2.84. The van der Waals surface area contributed by atoms with Crippen LogP contribution in [0.15, 0.2) is 24.3 Å². The Morgan fingerprint density at radius 1 is 1.50 bits per heavy atom. The lowest BCUT2D eigenvalue weighted by atomic mass is 9.99. The van der Waals surface area contributed by atoms with Crippen LogP contribution in [0.3, 0.4) is 0 Å². The number of hydrogen-bond donors (Lipinski definition) is 1. The van der Waals surface area contributed by atoms with Gasteiger partial charge in [-0.2, -0.15) is 5.26 Å². The van der Waals surface area contributed by atoms with Crippen LogP contribution in [0, 0.1) is 17.8 Å². The van der Waals surface area contributed by atoms with Gasteiger partial charge < -0.3 is 5.73 Å². The molecule has 1 aromatic rings. The van der Waals surface area contributed by atoms with Gasteiger partial charge in [-0.25, -0.2) is 0 Å². The molecule has 1 rings (SSSR count). The SMILES string of the molecule is CC(C(N)=O)c1ccc([CH]C#N)cc1. The predicted molar refractivity (Wildman–Crippen MR) is 53.1 cm³/mol. The van der Waals surface area contributed by atoms with Crippen LogP contribution in [0.2, 0.25) is 0 Å². The second-order valence-corrected chi connectivity index (χ2v) is 3.06. The Morgan fingerprint density at radius 3 is 2.50 bits per heavy atom. The molecule has 1 unspecified atom stereocenters. The van der Waals surface area contributed by atoms with Gasteiger partial charge in [0, 0.05) is 0 Å². The molecule has 2 N–H and O–H groups in total. The monoisotopic (exact) mass is 187 g/mol. The number of carbonyl (C=O) groups excluding carboxylic acids is 1. The number of benzene rings is 1. The maximum absolute atomic E-state index is 10.9. The van der Waals surface area contributed by atoms with Crippen molar-refractivity contribution >= 4 is 5.91 Å². The van der Waals surface area contributed by atoms with Crippen molar-refractivity contribution < 1.29 is 4.79 Å². The standard InChI is InChI=1S/C11H11N2O/c1-8(11(13)14)10-4-2-9(3-5-10)6-7-12/h2-6,8H,1H3,(H2,13,14). The van der Waals surface area contributed by atoms with E-state index in [9.17, 15) is 4.79 Å². The van der Waals surface area contributed by atoms with Crippen molar-refractivity contribution in [1.29, 1.82) is 5.26 Å². The van der Waals surface area contributed by atoms with E-state index in [1.54, 1.807) is 31.2 Å². The maximum Gasteiger partial charge on any atom is 0.224 e. The van der Waals surface area contributed by atoms with Crippen molar-refractivity contribution in [2.75, 3.05) is 0 Å². The van der Waals surface area contributed by atoms with Crippen LogP contribution in [0.5, 0.6) is 0 Å². The van der Waals surface area contributed by atoms with E-state index < -0.39 is 0 Å². The molecule has 0 spiro atoms. The van der Waals surface area contributed by atoms with Crippen LogP contribution in [-0.2, 0) is 4.79 Å². The number of primary amides is 1. The van der Waals surface area contributed by atoms with Crippen molar-refractivity contribution in [2.45, 2.75) is 12.8 Å². The minimum absolute atomic E-state index is 0.286. The molecule has 0 saturated heterocycles. The Bertz CT molecular complexity index is 362. The lowest BCUT2D eigenvalue weighted by molar-refractivity contribution is -0.119. The Morgan fingerprint density at radius 2 is 2.07 bits per heavy atom. The summed E-state index contributed by atoms with van der Waals surface area (Å²) < 4.78 is 0. The van der Waals surface area contributed by atoms with Gasteiger partial charge in [0.25, 0.3) is 0 Å². The molecule has 0 bridgehead atoms. The largest absolute Gasteiger partial charge is 0.369 e. The van der Waals surface area contributed by atoms with E-state index in [0.717, 1.165) is 11.1 Å². The van der Waals surface area contributed by atoms with Crippen molar-refractivity contribution in [2.24, 2.45) is 5.73 Å². The van der Waals surface area contributed by atoms with Crippen molar-refractivity contribution in [3.05, 3.63) is 41.8 Å². The molecule has 1 aromatic carbocycles. The van der Waals surface area contributed by atoms with Crippen LogP contribution >= 0.6 is 0 Å². The fraction of sp³-hybridized carbons (Fsp3) is 0.182. The van der Waals surface area contributed by atoms with Gasteiger partial charge in [-0.3, -0.25) is 4.79 Å². The molecule has 3 heteroatoms. The van der Waals surface area contributed by atoms with Gasteiger partial charge in [0.15, 0.2) is 0 Å². The highest BCUT2D eigenvalue weighted by Crippen LogP contribution is 2.15. The van der Waals surface area contributed by atoms with Crippen molar-refractivity contribution in [1.82, 2.24) is 0 Å². The Kier molecular flexibility index (Phi) is 3.24. The van der Waals surface area contributed by atoms with Gasteiger partial charge in [0.05, 0.1) is 18.4 Å². The van der Waals surface area contributed by atoms with Crippen molar-refractivity contribution in [3.8, 4) is 6.07 Å². The Hall–Kier alpha value is -1.82. The average molecular weight is 187 g/mol. The highest BCUT2D eigenvalue weighted by atomic mass is 16.1. The molecule has 0 heterocycles. The van der Waals surface area contributed by atoms with Crippen LogP contribution in [0.25, 0.3) is 0 Å². The number of carbonyl (C=O) groups is 1. The van der Waals surface area contributed by atoms with Gasteiger partial charge in [-0.1, -0.05) is 24.3 Å². The first-order chi connectivity index (χ1) is 6.65. The van der Waals surface area contributed by atoms with Crippen LogP contribution in [-0.4, -0.2) is 5.91 Å². The summed E-state index contributed by atoms with van der Waals surface area (Å²) >= 11 is 0. The molecule has 1 amide bonds. The first-order valence-corrected chi connectivity index (χ1v) is 4.27. The van der Waals surface area contributed by atoms with E-state index in [1.807, 2.05) is 6.07 Å². The van der Waals surface area contributed by atoms with E-state index in [4.69, 9.17) is 11.0 Å². The average Bonchev–Trinajstić information content (AvgIpc) is 2.18. The topological polar surface area (TPSA) is 66.9 Å². The molecule has 0 aliphatic carbocycles. The molecule has 3 nitrogen and oxygen atoms in total. The highest BCUT2D eigenvalue weighted by Gasteiger charge is 2.10. The van der Waals surface area contributed by atoms with E-state index in [0.29, 0.717) is 0 Å². The molecular weight excluding hydrogens is 176 g/mol. The summed E-state index contributed by atoms with van der Waals surface area (Å²) in [5, 5.41) is 8.41. The molecule has 0 aliphatic rings. The zero-order valence-corrected chi connectivity index (χ0v) is 7.90. The molecule has 0 fully saturated rings. The summed E-state index contributed by atoms with van der Waals surface area (Å²) in [5.74, 6) is -0.631. The smallest absolute Gasteiger partial charge is 0.224 e. The fourth-order valence-corrected chi connectivity index (χ4v) is 1.12. The van der Waals surface area contributed by atoms with Crippen LogP contribution in [0.4, 0.5) is 0 Å². The molecule has 0 saturated carbocycles. The lowest BCUT2D eigenvalue weighted by Crippen LogP contribution is -2.18. The molecule has 0 aliphatic heterocycles. The predicted octanol–water partition coefficient (Wildman–Crippen LogP) is 1.35. The van der Waals surface area contributed by atoms with Crippen LogP contribution < -0.4 is 5.73 Å². The second-order valence-electron chi connectivity index (χ2n) is 3.06. The minimum atomic E-state index is -0.345. The summed E-state index contributed by atoms with van der Waals surface area (Å²) in [7, 11) is 0. The van der Waals surface area contributed by atoms with Crippen LogP contribution in [0.1, 0.15) is 24.0 Å². The zero-order chi connectivity index (χ0) is 10.6. The third-order valence-corrected chi connectivity index (χ3v) is 2.09. The third kappa shape index (κ3) is 2.33. The summed E-state index contributed by atoms with van der Waals surface area (Å²) in [6.45, 7) is 1.76. The molecule has 1 atom stereocenters. The summed E-state index contributed by atoms with van der Waals surface area (Å²) in [6.07, 6.45) is 1.44. The number of nitriles is 1. The van der Waals surface area contributed by atoms with Gasteiger partial charge in [0.1, 0.15) is 0 Å². The maximum atomic E-state index is 10.9. The molecule has 0 aromatic heterocycles.